The molecule has 1 atom stereocenters. The van der Waals surface area contributed by atoms with Crippen molar-refractivity contribution in [1.29, 1.82) is 0 Å². The van der Waals surface area contributed by atoms with Gasteiger partial charge in [-0.2, -0.15) is 0 Å². The monoisotopic (exact) mass is 344 g/mol. The molecule has 0 unspecified atom stereocenters. The number of rotatable bonds is 3. The molecule has 24 heavy (non-hydrogen) atoms. The third-order valence-electron chi connectivity index (χ3n) is 4.21. The summed E-state index contributed by atoms with van der Waals surface area (Å²) in [7, 11) is 0. The molecule has 124 valence electrons. The predicted molar refractivity (Wildman–Crippen MR) is 91.9 cm³/mol. The summed E-state index contributed by atoms with van der Waals surface area (Å²) in [6.07, 6.45) is -0.647. The summed E-state index contributed by atoms with van der Waals surface area (Å²) in [4.78, 5) is 4.58. The number of nitrogens with zero attached hydrogens (tertiary/aromatic N) is 2. The number of halogens is 1. The van der Waals surface area contributed by atoms with Crippen LogP contribution < -0.4 is 9.47 Å². The van der Waals surface area contributed by atoms with Gasteiger partial charge >= 0.3 is 0 Å². The van der Waals surface area contributed by atoms with E-state index in [0.717, 1.165) is 33.9 Å². The zero-order chi connectivity index (χ0) is 16.7. The summed E-state index contributed by atoms with van der Waals surface area (Å²) in [5.74, 6) is 2.27. The van der Waals surface area contributed by atoms with Crippen molar-refractivity contribution < 1.29 is 14.6 Å². The zero-order valence-corrected chi connectivity index (χ0v) is 14.0. The minimum absolute atomic E-state index is 0.406. The Hall–Kier alpha value is -2.24. The lowest BCUT2D eigenvalue weighted by Gasteiger charge is -2.19. The highest BCUT2D eigenvalue weighted by atomic mass is 35.5. The van der Waals surface area contributed by atoms with Crippen LogP contribution in [0, 0.1) is 6.92 Å². The molecule has 0 spiro atoms. The van der Waals surface area contributed by atoms with Gasteiger partial charge in [-0.1, -0.05) is 23.7 Å². The molecule has 4 rings (SSSR count). The second-order valence-electron chi connectivity index (χ2n) is 5.82. The van der Waals surface area contributed by atoms with Crippen molar-refractivity contribution in [3.63, 3.8) is 0 Å². The average Bonchev–Trinajstić information content (AvgIpc) is 2.88. The highest BCUT2D eigenvalue weighted by Gasteiger charge is 2.18. The number of aliphatic hydroxyl groups is 1. The standard InChI is InChI=1S/C18H17ClN2O3/c1-11-20-14-8-17-18(24-7-6-23-17)9-15(14)21(11)10-16(22)12-2-4-13(19)5-3-12/h2-5,8-9,16,22H,6-7,10H2,1H3/t16-/m0/s1. The van der Waals surface area contributed by atoms with Gasteiger partial charge in [-0.05, 0) is 24.6 Å². The molecule has 0 radical (unpaired) electrons. The molecule has 5 nitrogen and oxygen atoms in total. The maximum Gasteiger partial charge on any atom is 0.163 e. The molecule has 1 N–H and O–H groups in total. The molecule has 0 saturated heterocycles. The van der Waals surface area contributed by atoms with Crippen molar-refractivity contribution in [2.45, 2.75) is 19.6 Å². The van der Waals surface area contributed by atoms with E-state index in [0.29, 0.717) is 24.8 Å². The van der Waals surface area contributed by atoms with E-state index in [1.54, 1.807) is 12.1 Å². The van der Waals surface area contributed by atoms with Crippen LogP contribution in [0.1, 0.15) is 17.5 Å². The van der Waals surface area contributed by atoms with Gasteiger partial charge in [0, 0.05) is 17.2 Å². The van der Waals surface area contributed by atoms with E-state index in [2.05, 4.69) is 4.98 Å². The van der Waals surface area contributed by atoms with Crippen molar-refractivity contribution in [1.82, 2.24) is 9.55 Å². The molecule has 0 saturated carbocycles. The lowest BCUT2D eigenvalue weighted by atomic mass is 10.1. The van der Waals surface area contributed by atoms with E-state index in [-0.39, 0.29) is 0 Å². The molecule has 1 aliphatic heterocycles. The van der Waals surface area contributed by atoms with E-state index < -0.39 is 6.10 Å². The Bertz CT molecular complexity index is 889. The van der Waals surface area contributed by atoms with Crippen LogP contribution in [-0.2, 0) is 6.54 Å². The smallest absolute Gasteiger partial charge is 0.163 e. The number of fused-ring (bicyclic) bond motifs is 2. The van der Waals surface area contributed by atoms with Crippen LogP contribution >= 0.6 is 11.6 Å². The molecule has 3 aromatic rings. The normalized spacial score (nSPS) is 14.8. The number of benzene rings is 2. The molecule has 1 aliphatic rings. The maximum atomic E-state index is 10.6. The van der Waals surface area contributed by atoms with E-state index in [1.165, 1.54) is 0 Å². The van der Waals surface area contributed by atoms with E-state index in [9.17, 15) is 5.11 Å². The number of aryl methyl sites for hydroxylation is 1. The number of hydrogen-bond acceptors (Lipinski definition) is 4. The van der Waals surface area contributed by atoms with Crippen molar-refractivity contribution in [2.75, 3.05) is 13.2 Å². The Morgan fingerprint density at radius 3 is 2.54 bits per heavy atom. The SMILES string of the molecule is Cc1nc2cc3c(cc2n1C[C@H](O)c1ccc(Cl)cc1)OCCO3. The first-order valence-electron chi connectivity index (χ1n) is 7.82. The fourth-order valence-corrected chi connectivity index (χ4v) is 3.10. The molecule has 0 bridgehead atoms. The van der Waals surface area contributed by atoms with Gasteiger partial charge in [0.2, 0.25) is 0 Å². The van der Waals surface area contributed by atoms with Crippen LogP contribution in [0.5, 0.6) is 11.5 Å². The largest absolute Gasteiger partial charge is 0.486 e. The van der Waals surface area contributed by atoms with E-state index in [1.807, 2.05) is 35.8 Å². The van der Waals surface area contributed by atoms with Gasteiger partial charge in [0.25, 0.3) is 0 Å². The highest BCUT2D eigenvalue weighted by molar-refractivity contribution is 6.30. The molecule has 0 amide bonds. The first-order valence-corrected chi connectivity index (χ1v) is 8.19. The summed E-state index contributed by atoms with van der Waals surface area (Å²) in [5, 5.41) is 11.2. The van der Waals surface area contributed by atoms with Crippen LogP contribution in [0.15, 0.2) is 36.4 Å². The van der Waals surface area contributed by atoms with E-state index in [4.69, 9.17) is 21.1 Å². The second-order valence-corrected chi connectivity index (χ2v) is 6.26. The van der Waals surface area contributed by atoms with Gasteiger partial charge in [-0.25, -0.2) is 4.98 Å². The average molecular weight is 345 g/mol. The van der Waals surface area contributed by atoms with Gasteiger partial charge in [0.15, 0.2) is 11.5 Å². The molecule has 2 aromatic carbocycles. The Morgan fingerprint density at radius 1 is 1.17 bits per heavy atom. The van der Waals surface area contributed by atoms with Crippen LogP contribution in [0.4, 0.5) is 0 Å². The van der Waals surface area contributed by atoms with Crippen LogP contribution in [-0.4, -0.2) is 27.9 Å². The van der Waals surface area contributed by atoms with Gasteiger partial charge in [0.05, 0.1) is 23.7 Å². The molecule has 0 aliphatic carbocycles. The van der Waals surface area contributed by atoms with E-state index >= 15 is 0 Å². The Balaban J connectivity index is 1.70. The molecule has 1 aromatic heterocycles. The molecule has 0 fully saturated rings. The minimum Gasteiger partial charge on any atom is -0.486 e. The third kappa shape index (κ3) is 2.70. The number of aromatic nitrogens is 2. The van der Waals surface area contributed by atoms with Crippen LogP contribution in [0.2, 0.25) is 5.02 Å². The Morgan fingerprint density at radius 2 is 1.83 bits per heavy atom. The van der Waals surface area contributed by atoms with Crippen LogP contribution in [0.25, 0.3) is 11.0 Å². The number of ether oxygens (including phenoxy) is 2. The van der Waals surface area contributed by atoms with Gasteiger partial charge in [-0.15, -0.1) is 0 Å². The Labute approximate surface area is 144 Å². The van der Waals surface area contributed by atoms with Gasteiger partial charge in [0.1, 0.15) is 19.0 Å². The topological polar surface area (TPSA) is 56.5 Å². The predicted octanol–water partition coefficient (Wildman–Crippen LogP) is 3.50. The summed E-state index contributed by atoms with van der Waals surface area (Å²) in [6, 6.07) is 11.0. The lowest BCUT2D eigenvalue weighted by molar-refractivity contribution is 0.157. The quantitative estimate of drug-likeness (QED) is 0.790. The van der Waals surface area contributed by atoms with Crippen molar-refractivity contribution in [2.24, 2.45) is 0 Å². The summed E-state index contributed by atoms with van der Waals surface area (Å²) >= 11 is 5.91. The first-order chi connectivity index (χ1) is 11.6. The first kappa shape index (κ1) is 15.3. The fourth-order valence-electron chi connectivity index (χ4n) is 2.98. The summed E-state index contributed by atoms with van der Waals surface area (Å²) in [5.41, 5.74) is 2.57. The highest BCUT2D eigenvalue weighted by Crippen LogP contribution is 2.35. The fraction of sp³-hybridized carbons (Fsp3) is 0.278. The zero-order valence-electron chi connectivity index (χ0n) is 13.2. The second kappa shape index (κ2) is 6.00. The Kier molecular flexibility index (Phi) is 3.82. The summed E-state index contributed by atoms with van der Waals surface area (Å²) in [6.45, 7) is 3.42. The summed E-state index contributed by atoms with van der Waals surface area (Å²) < 4.78 is 13.3. The number of hydrogen-bond donors (Lipinski definition) is 1. The number of aliphatic hydroxyl groups excluding tert-OH is 1. The lowest BCUT2D eigenvalue weighted by Crippen LogP contribution is -2.15. The molecular weight excluding hydrogens is 328 g/mol. The van der Waals surface area contributed by atoms with Crippen LogP contribution in [0.3, 0.4) is 0 Å². The minimum atomic E-state index is -0.647. The van der Waals surface area contributed by atoms with Crippen molar-refractivity contribution in [3.05, 3.63) is 52.8 Å². The van der Waals surface area contributed by atoms with Gasteiger partial charge < -0.3 is 19.1 Å². The van der Waals surface area contributed by atoms with Crippen molar-refractivity contribution >= 4 is 22.6 Å². The molecular formula is C18H17ClN2O3. The molecule has 2 heterocycles. The maximum absolute atomic E-state index is 10.6. The van der Waals surface area contributed by atoms with Crippen molar-refractivity contribution in [3.8, 4) is 11.5 Å². The van der Waals surface area contributed by atoms with Gasteiger partial charge in [-0.3, -0.25) is 0 Å². The number of imidazole rings is 1. The molecule has 6 heteroatoms. The third-order valence-corrected chi connectivity index (χ3v) is 4.47.